The molecular formula is C25H24BrP. The zero-order valence-electron chi connectivity index (χ0n) is 15.3. The minimum Gasteiger partial charge on any atom is -1.00 e. The lowest BCUT2D eigenvalue weighted by Crippen LogP contribution is -3.00. The van der Waals surface area contributed by atoms with Gasteiger partial charge in [-0.1, -0.05) is 60.7 Å². The lowest BCUT2D eigenvalue weighted by molar-refractivity contribution is -0.00000501. The van der Waals surface area contributed by atoms with Crippen LogP contribution in [0.4, 0.5) is 0 Å². The van der Waals surface area contributed by atoms with Crippen LogP contribution in [0.25, 0.3) is 0 Å². The Labute approximate surface area is 173 Å². The summed E-state index contributed by atoms with van der Waals surface area (Å²) < 4.78 is 0. The molecular weight excluding hydrogens is 411 g/mol. The summed E-state index contributed by atoms with van der Waals surface area (Å²) in [4.78, 5) is 0. The third-order valence-electron chi connectivity index (χ3n) is 6.34. The first kappa shape index (κ1) is 18.7. The van der Waals surface area contributed by atoms with Gasteiger partial charge in [0.1, 0.15) is 28.3 Å². The molecule has 0 aliphatic heterocycles. The molecule has 0 spiro atoms. The van der Waals surface area contributed by atoms with Crippen molar-refractivity contribution in [3.05, 3.63) is 103 Å². The maximum absolute atomic E-state index is 2.60. The number of halogens is 1. The van der Waals surface area contributed by atoms with Crippen molar-refractivity contribution in [3.8, 4) is 0 Å². The van der Waals surface area contributed by atoms with Crippen LogP contribution in [0, 0.1) is 5.92 Å². The summed E-state index contributed by atoms with van der Waals surface area (Å²) in [6.07, 6.45) is 9.06. The Balaban J connectivity index is 0.00000180. The fourth-order valence-electron chi connectivity index (χ4n) is 5.31. The van der Waals surface area contributed by atoms with Gasteiger partial charge in [0, 0.05) is 0 Å². The van der Waals surface area contributed by atoms with Gasteiger partial charge in [0.05, 0.1) is 0 Å². The van der Waals surface area contributed by atoms with E-state index in [0.29, 0.717) is 0 Å². The molecule has 136 valence electrons. The zero-order chi connectivity index (χ0) is 17.5. The van der Waals surface area contributed by atoms with Crippen LogP contribution in [0.3, 0.4) is 0 Å². The maximum Gasteiger partial charge on any atom is 0.121 e. The number of rotatable bonds is 4. The molecule has 3 aromatic rings. The van der Waals surface area contributed by atoms with Crippen LogP contribution >= 0.6 is 7.26 Å². The van der Waals surface area contributed by atoms with Gasteiger partial charge in [-0.15, -0.1) is 0 Å². The molecule has 0 saturated heterocycles. The van der Waals surface area contributed by atoms with E-state index in [4.69, 9.17) is 0 Å². The Kier molecular flexibility index (Phi) is 5.10. The average molecular weight is 435 g/mol. The van der Waals surface area contributed by atoms with Gasteiger partial charge in [-0.3, -0.25) is 0 Å². The molecule has 5 rings (SSSR count). The van der Waals surface area contributed by atoms with Crippen molar-refractivity contribution >= 4 is 23.2 Å². The largest absolute Gasteiger partial charge is 1.00 e. The monoisotopic (exact) mass is 434 g/mol. The predicted molar refractivity (Wildman–Crippen MR) is 114 cm³/mol. The Morgan fingerprint density at radius 1 is 0.667 bits per heavy atom. The number of fused-ring (bicyclic) bond motifs is 2. The molecule has 2 bridgehead atoms. The van der Waals surface area contributed by atoms with Crippen LogP contribution in [-0.2, 0) is 0 Å². The molecule has 1 saturated carbocycles. The van der Waals surface area contributed by atoms with Gasteiger partial charge < -0.3 is 17.0 Å². The van der Waals surface area contributed by atoms with Gasteiger partial charge in [-0.05, 0) is 67.7 Å². The zero-order valence-corrected chi connectivity index (χ0v) is 17.8. The molecule has 2 heteroatoms. The fraction of sp³-hybridized carbons (Fsp3) is 0.200. The van der Waals surface area contributed by atoms with E-state index < -0.39 is 7.26 Å². The molecule has 27 heavy (non-hydrogen) atoms. The second-order valence-electron chi connectivity index (χ2n) is 7.64. The van der Waals surface area contributed by atoms with Gasteiger partial charge in [0.25, 0.3) is 0 Å². The second-order valence-corrected chi connectivity index (χ2v) is 11.4. The highest BCUT2D eigenvalue weighted by atomic mass is 79.9. The molecule has 0 amide bonds. The van der Waals surface area contributed by atoms with Crippen LogP contribution in [-0.4, -0.2) is 5.16 Å². The van der Waals surface area contributed by atoms with Crippen LogP contribution in [0.1, 0.15) is 19.3 Å². The summed E-state index contributed by atoms with van der Waals surface area (Å²) in [7, 11) is -1.78. The molecule has 3 aromatic carbocycles. The first-order valence-corrected chi connectivity index (χ1v) is 11.4. The molecule has 0 aromatic heterocycles. The average Bonchev–Trinajstić information content (AvgIpc) is 3.33. The van der Waals surface area contributed by atoms with Crippen LogP contribution in [0.5, 0.6) is 0 Å². The molecule has 2 aliphatic rings. The molecule has 2 aliphatic carbocycles. The first-order valence-electron chi connectivity index (χ1n) is 9.61. The fourth-order valence-corrected chi connectivity index (χ4v) is 10.9. The van der Waals surface area contributed by atoms with Crippen molar-refractivity contribution < 1.29 is 17.0 Å². The summed E-state index contributed by atoms with van der Waals surface area (Å²) in [5, 5.41) is 4.82. The van der Waals surface area contributed by atoms with E-state index in [0.717, 1.165) is 5.92 Å². The molecule has 0 radical (unpaired) electrons. The van der Waals surface area contributed by atoms with Crippen molar-refractivity contribution in [1.82, 2.24) is 0 Å². The maximum atomic E-state index is 2.60. The molecule has 2 atom stereocenters. The summed E-state index contributed by atoms with van der Waals surface area (Å²) >= 11 is 0. The van der Waals surface area contributed by atoms with Gasteiger partial charge in [0.2, 0.25) is 0 Å². The number of allylic oxidation sites excluding steroid dienone is 2. The van der Waals surface area contributed by atoms with Crippen molar-refractivity contribution in [2.24, 2.45) is 5.92 Å². The Hall–Kier alpha value is -1.69. The van der Waals surface area contributed by atoms with E-state index in [2.05, 4.69) is 103 Å². The molecule has 0 N–H and O–H groups in total. The highest BCUT2D eigenvalue weighted by molar-refractivity contribution is 7.97. The quantitative estimate of drug-likeness (QED) is 0.435. The number of hydrogen-bond acceptors (Lipinski definition) is 0. The van der Waals surface area contributed by atoms with Gasteiger partial charge >= 0.3 is 0 Å². The SMILES string of the molecule is C1=CC2([P+](c3ccccc3)(c3ccccc3)c3ccccc3)CCC1C2.[Br-]. The number of hydrogen-bond donors (Lipinski definition) is 0. The Morgan fingerprint density at radius 2 is 1.11 bits per heavy atom. The van der Waals surface area contributed by atoms with E-state index in [9.17, 15) is 0 Å². The first-order chi connectivity index (χ1) is 12.9. The molecule has 0 nitrogen and oxygen atoms in total. The van der Waals surface area contributed by atoms with E-state index in [-0.39, 0.29) is 22.1 Å². The van der Waals surface area contributed by atoms with Gasteiger partial charge in [-0.2, -0.15) is 0 Å². The molecule has 1 fully saturated rings. The van der Waals surface area contributed by atoms with Gasteiger partial charge in [-0.25, -0.2) is 0 Å². The standard InChI is InChI=1S/C25H24P.BrH/c1-4-10-22(11-5-1)26(23-12-6-2-7-13-23,24-14-8-3-9-15-24)25-18-16-21(20-25)17-19-25;/h1-16,18,21H,17,19-20H2;1H/q+1;/p-1. The van der Waals surface area contributed by atoms with Crippen LogP contribution in [0.15, 0.2) is 103 Å². The van der Waals surface area contributed by atoms with E-state index in [1.165, 1.54) is 35.2 Å². The Bertz CT molecular complexity index is 824. The van der Waals surface area contributed by atoms with Crippen molar-refractivity contribution in [1.29, 1.82) is 0 Å². The lowest BCUT2D eigenvalue weighted by atomic mass is 10.1. The highest BCUT2D eigenvalue weighted by Gasteiger charge is 2.65. The second kappa shape index (κ2) is 7.38. The minimum atomic E-state index is -1.78. The van der Waals surface area contributed by atoms with Crippen molar-refractivity contribution in [2.75, 3.05) is 0 Å². The van der Waals surface area contributed by atoms with Gasteiger partial charge in [0.15, 0.2) is 0 Å². The summed E-state index contributed by atoms with van der Waals surface area (Å²) in [5.41, 5.74) is 0. The van der Waals surface area contributed by atoms with Crippen LogP contribution in [0.2, 0.25) is 0 Å². The third kappa shape index (κ3) is 2.75. The third-order valence-corrected chi connectivity index (χ3v) is 11.5. The summed E-state index contributed by atoms with van der Waals surface area (Å²) in [6.45, 7) is 0. The minimum absolute atomic E-state index is 0. The molecule has 2 unspecified atom stereocenters. The Morgan fingerprint density at radius 3 is 1.41 bits per heavy atom. The van der Waals surface area contributed by atoms with E-state index in [1.807, 2.05) is 0 Å². The highest BCUT2D eigenvalue weighted by Crippen LogP contribution is 2.73. The van der Waals surface area contributed by atoms with E-state index in [1.54, 1.807) is 0 Å². The van der Waals surface area contributed by atoms with E-state index >= 15 is 0 Å². The number of benzene rings is 3. The normalized spacial score (nSPS) is 23.2. The smallest absolute Gasteiger partial charge is 0.121 e. The van der Waals surface area contributed by atoms with Crippen molar-refractivity contribution in [3.63, 3.8) is 0 Å². The summed E-state index contributed by atoms with van der Waals surface area (Å²) in [5.74, 6) is 0.769. The van der Waals surface area contributed by atoms with Crippen molar-refractivity contribution in [2.45, 2.75) is 24.4 Å². The summed E-state index contributed by atoms with van der Waals surface area (Å²) in [6, 6.07) is 34.0. The topological polar surface area (TPSA) is 0 Å². The van der Waals surface area contributed by atoms with Crippen LogP contribution < -0.4 is 32.9 Å². The molecule has 0 heterocycles. The lowest BCUT2D eigenvalue weighted by Gasteiger charge is -2.40. The predicted octanol–water partition coefficient (Wildman–Crippen LogP) is 2.09.